The first-order chi connectivity index (χ1) is 8.65. The average Bonchev–Trinajstić information content (AvgIpc) is 2.40. The van der Waals surface area contributed by atoms with Crippen LogP contribution < -0.4 is 5.32 Å². The number of hydrogen-bond donors (Lipinski definition) is 2. The summed E-state index contributed by atoms with van der Waals surface area (Å²) in [7, 11) is 1.83. The van der Waals surface area contributed by atoms with Crippen LogP contribution in [0.4, 0.5) is 5.82 Å². The molecule has 1 aromatic heterocycles. The van der Waals surface area contributed by atoms with Gasteiger partial charge in [0, 0.05) is 12.6 Å². The van der Waals surface area contributed by atoms with Crippen LogP contribution in [0.5, 0.6) is 5.75 Å². The summed E-state index contributed by atoms with van der Waals surface area (Å²) in [6.07, 6.45) is 0.822. The van der Waals surface area contributed by atoms with E-state index in [1.54, 1.807) is 24.3 Å². The van der Waals surface area contributed by atoms with Gasteiger partial charge in [-0.05, 0) is 46.6 Å². The quantitative estimate of drug-likeness (QED) is 0.914. The molecular formula is C13H14BrN3O. The summed E-state index contributed by atoms with van der Waals surface area (Å²) in [6.45, 7) is 2.05. The van der Waals surface area contributed by atoms with Gasteiger partial charge in [0.25, 0.3) is 0 Å². The Balaban J connectivity index is 2.54. The Hall–Kier alpha value is -1.62. The van der Waals surface area contributed by atoms with Gasteiger partial charge in [-0.15, -0.1) is 0 Å². The van der Waals surface area contributed by atoms with Gasteiger partial charge in [-0.2, -0.15) is 0 Å². The average molecular weight is 308 g/mol. The molecule has 0 radical (unpaired) electrons. The zero-order chi connectivity index (χ0) is 13.1. The van der Waals surface area contributed by atoms with Crippen LogP contribution in [0.2, 0.25) is 0 Å². The molecule has 5 heteroatoms. The van der Waals surface area contributed by atoms with Crippen LogP contribution in [0, 0.1) is 0 Å². The van der Waals surface area contributed by atoms with E-state index in [1.807, 2.05) is 14.0 Å². The smallest absolute Gasteiger partial charge is 0.161 e. The number of nitrogens with one attached hydrogen (secondary N) is 1. The SMILES string of the molecule is CCc1nc(-c2ccc(O)cc2)nc(NC)c1Br. The number of phenolic OH excluding ortho intramolecular Hbond substituents is 1. The second kappa shape index (κ2) is 5.35. The van der Waals surface area contributed by atoms with Crippen molar-refractivity contribution >= 4 is 21.7 Å². The lowest BCUT2D eigenvalue weighted by Crippen LogP contribution is -2.02. The van der Waals surface area contributed by atoms with Crippen LogP contribution >= 0.6 is 15.9 Å². The second-order valence-electron chi connectivity index (χ2n) is 3.81. The maximum Gasteiger partial charge on any atom is 0.161 e. The molecule has 0 aliphatic rings. The van der Waals surface area contributed by atoms with Crippen LogP contribution in [-0.2, 0) is 6.42 Å². The van der Waals surface area contributed by atoms with Crippen molar-refractivity contribution in [3.8, 4) is 17.1 Å². The van der Waals surface area contributed by atoms with E-state index in [1.165, 1.54) is 0 Å². The molecule has 0 amide bonds. The van der Waals surface area contributed by atoms with Crippen LogP contribution in [0.15, 0.2) is 28.7 Å². The fraction of sp³-hybridized carbons (Fsp3) is 0.231. The second-order valence-corrected chi connectivity index (χ2v) is 4.60. The lowest BCUT2D eigenvalue weighted by Gasteiger charge is -2.10. The number of anilines is 1. The molecule has 0 saturated heterocycles. The van der Waals surface area contributed by atoms with Crippen molar-refractivity contribution in [2.45, 2.75) is 13.3 Å². The van der Waals surface area contributed by atoms with Crippen LogP contribution in [0.25, 0.3) is 11.4 Å². The summed E-state index contributed by atoms with van der Waals surface area (Å²) >= 11 is 3.49. The van der Waals surface area contributed by atoms with E-state index in [2.05, 4.69) is 31.2 Å². The molecule has 94 valence electrons. The molecule has 0 fully saturated rings. The molecule has 18 heavy (non-hydrogen) atoms. The predicted molar refractivity (Wildman–Crippen MR) is 75.8 cm³/mol. The van der Waals surface area contributed by atoms with Gasteiger partial charge in [-0.1, -0.05) is 6.92 Å². The third-order valence-corrected chi connectivity index (χ3v) is 3.45. The van der Waals surface area contributed by atoms with Crippen molar-refractivity contribution in [1.29, 1.82) is 0 Å². The lowest BCUT2D eigenvalue weighted by atomic mass is 10.2. The van der Waals surface area contributed by atoms with E-state index in [0.717, 1.165) is 28.0 Å². The Bertz CT molecular complexity index is 530. The number of nitrogens with zero attached hydrogens (tertiary/aromatic N) is 2. The number of halogens is 1. The van der Waals surface area contributed by atoms with Crippen molar-refractivity contribution in [2.75, 3.05) is 12.4 Å². The van der Waals surface area contributed by atoms with E-state index >= 15 is 0 Å². The molecule has 4 nitrogen and oxygen atoms in total. The first-order valence-electron chi connectivity index (χ1n) is 5.69. The Kier molecular flexibility index (Phi) is 3.81. The van der Waals surface area contributed by atoms with Gasteiger partial charge in [-0.3, -0.25) is 0 Å². The van der Waals surface area contributed by atoms with Gasteiger partial charge in [-0.25, -0.2) is 9.97 Å². The van der Waals surface area contributed by atoms with Gasteiger partial charge in [0.05, 0.1) is 10.2 Å². The molecule has 0 saturated carbocycles. The topological polar surface area (TPSA) is 58.0 Å². The summed E-state index contributed by atoms with van der Waals surface area (Å²) in [5.74, 6) is 1.66. The Labute approximate surface area is 114 Å². The molecule has 2 N–H and O–H groups in total. The van der Waals surface area contributed by atoms with Crippen LogP contribution in [0.1, 0.15) is 12.6 Å². The minimum atomic E-state index is 0.236. The standard InChI is InChI=1S/C13H14BrN3O/c1-3-10-11(14)13(15-2)17-12(16-10)8-4-6-9(18)7-5-8/h4-7,18H,3H2,1-2H3,(H,15,16,17). The zero-order valence-electron chi connectivity index (χ0n) is 10.2. The summed E-state index contributed by atoms with van der Waals surface area (Å²) < 4.78 is 0.898. The molecule has 1 heterocycles. The fourth-order valence-corrected chi connectivity index (χ4v) is 2.29. The summed E-state index contributed by atoms with van der Waals surface area (Å²) in [4.78, 5) is 8.97. The summed E-state index contributed by atoms with van der Waals surface area (Å²) in [5.41, 5.74) is 1.84. The van der Waals surface area contributed by atoms with E-state index in [4.69, 9.17) is 0 Å². The molecule has 0 bridgehead atoms. The van der Waals surface area contributed by atoms with Crippen LogP contribution in [-0.4, -0.2) is 22.1 Å². The highest BCUT2D eigenvalue weighted by Gasteiger charge is 2.11. The fourth-order valence-electron chi connectivity index (χ4n) is 1.63. The number of aryl methyl sites for hydroxylation is 1. The largest absolute Gasteiger partial charge is 0.508 e. The van der Waals surface area contributed by atoms with E-state index in [-0.39, 0.29) is 5.75 Å². The monoisotopic (exact) mass is 307 g/mol. The third-order valence-electron chi connectivity index (χ3n) is 2.62. The number of rotatable bonds is 3. The molecule has 0 aliphatic heterocycles. The molecule has 2 rings (SSSR count). The highest BCUT2D eigenvalue weighted by molar-refractivity contribution is 9.10. The molecule has 1 aromatic carbocycles. The summed E-state index contributed by atoms with van der Waals surface area (Å²) in [6, 6.07) is 6.87. The number of benzene rings is 1. The molecule has 0 atom stereocenters. The molecule has 0 spiro atoms. The third kappa shape index (κ3) is 2.46. The lowest BCUT2D eigenvalue weighted by molar-refractivity contribution is 0.475. The first-order valence-corrected chi connectivity index (χ1v) is 6.48. The molecule has 0 aliphatic carbocycles. The Morgan fingerprint density at radius 3 is 2.44 bits per heavy atom. The van der Waals surface area contributed by atoms with E-state index in [9.17, 15) is 5.11 Å². The number of phenols is 1. The van der Waals surface area contributed by atoms with Crippen molar-refractivity contribution in [1.82, 2.24) is 9.97 Å². The van der Waals surface area contributed by atoms with Gasteiger partial charge in [0.1, 0.15) is 11.6 Å². The van der Waals surface area contributed by atoms with Gasteiger partial charge >= 0.3 is 0 Å². The maximum absolute atomic E-state index is 9.29. The maximum atomic E-state index is 9.29. The van der Waals surface area contributed by atoms with Crippen molar-refractivity contribution in [2.24, 2.45) is 0 Å². The number of hydrogen-bond acceptors (Lipinski definition) is 4. The predicted octanol–water partition coefficient (Wildman–Crippen LogP) is 3.22. The first kappa shape index (κ1) is 12.8. The van der Waals surface area contributed by atoms with Crippen LogP contribution in [0.3, 0.4) is 0 Å². The van der Waals surface area contributed by atoms with Gasteiger partial charge in [0.15, 0.2) is 5.82 Å². The summed E-state index contributed by atoms with van der Waals surface area (Å²) in [5, 5.41) is 12.3. The highest BCUT2D eigenvalue weighted by Crippen LogP contribution is 2.27. The minimum Gasteiger partial charge on any atom is -0.508 e. The number of aromatic nitrogens is 2. The normalized spacial score (nSPS) is 10.4. The Morgan fingerprint density at radius 2 is 1.89 bits per heavy atom. The highest BCUT2D eigenvalue weighted by atomic mass is 79.9. The minimum absolute atomic E-state index is 0.236. The van der Waals surface area contributed by atoms with E-state index in [0.29, 0.717) is 5.82 Å². The number of aromatic hydroxyl groups is 1. The van der Waals surface area contributed by atoms with E-state index < -0.39 is 0 Å². The van der Waals surface area contributed by atoms with Gasteiger partial charge < -0.3 is 10.4 Å². The molecule has 2 aromatic rings. The van der Waals surface area contributed by atoms with Gasteiger partial charge in [0.2, 0.25) is 0 Å². The van der Waals surface area contributed by atoms with Crippen molar-refractivity contribution < 1.29 is 5.11 Å². The van der Waals surface area contributed by atoms with Crippen molar-refractivity contribution in [3.63, 3.8) is 0 Å². The zero-order valence-corrected chi connectivity index (χ0v) is 11.8. The molecule has 0 unspecified atom stereocenters. The molecular weight excluding hydrogens is 294 g/mol. The van der Waals surface area contributed by atoms with Crippen molar-refractivity contribution in [3.05, 3.63) is 34.4 Å². The Morgan fingerprint density at radius 1 is 1.22 bits per heavy atom.